The minimum absolute atomic E-state index is 0.246. The molecule has 0 saturated carbocycles. The van der Waals surface area contributed by atoms with Crippen molar-refractivity contribution in [2.75, 3.05) is 0 Å². The monoisotopic (exact) mass is 410 g/mol. The van der Waals surface area contributed by atoms with E-state index in [9.17, 15) is 9.18 Å². The van der Waals surface area contributed by atoms with Gasteiger partial charge in [0.15, 0.2) is 5.16 Å². The summed E-state index contributed by atoms with van der Waals surface area (Å²) < 4.78 is 20.5. The Bertz CT molecular complexity index is 1240. The summed E-state index contributed by atoms with van der Waals surface area (Å²) in [7, 11) is 0. The fourth-order valence-corrected chi connectivity index (χ4v) is 3.91. The third-order valence-electron chi connectivity index (χ3n) is 4.40. The van der Waals surface area contributed by atoms with Crippen molar-refractivity contribution in [3.05, 3.63) is 70.1 Å². The Labute approximate surface area is 170 Å². The Hall–Kier alpha value is -3.00. The molecule has 0 radical (unpaired) electrons. The molecule has 148 valence electrons. The van der Waals surface area contributed by atoms with E-state index in [-0.39, 0.29) is 10.9 Å². The molecular weight excluding hydrogens is 391 g/mol. The largest absolute Gasteiger partial charge is 0.338 e. The second kappa shape index (κ2) is 8.16. The van der Waals surface area contributed by atoms with Crippen LogP contribution >= 0.6 is 11.8 Å². The molecule has 0 bridgehead atoms. The smallest absolute Gasteiger partial charge is 0.262 e. The summed E-state index contributed by atoms with van der Waals surface area (Å²) in [4.78, 5) is 21.8. The summed E-state index contributed by atoms with van der Waals surface area (Å²) in [6, 6.07) is 11.9. The molecule has 0 saturated heterocycles. The van der Waals surface area contributed by atoms with Crippen LogP contribution in [0.3, 0.4) is 0 Å². The van der Waals surface area contributed by atoms with E-state index in [2.05, 4.69) is 15.1 Å². The molecule has 4 rings (SSSR count). The number of hydrogen-bond acceptors (Lipinski definition) is 6. The average Bonchev–Trinajstić information content (AvgIpc) is 3.18. The minimum atomic E-state index is -0.450. The number of benzene rings is 2. The second-order valence-electron chi connectivity index (χ2n) is 6.68. The number of hydrogen-bond donors (Lipinski definition) is 0. The van der Waals surface area contributed by atoms with E-state index in [0.717, 1.165) is 17.5 Å². The first-order chi connectivity index (χ1) is 14.0. The molecule has 2 heterocycles. The van der Waals surface area contributed by atoms with Crippen molar-refractivity contribution in [3.63, 3.8) is 0 Å². The highest BCUT2D eigenvalue weighted by atomic mass is 32.2. The van der Waals surface area contributed by atoms with Gasteiger partial charge in [0, 0.05) is 12.1 Å². The summed E-state index contributed by atoms with van der Waals surface area (Å²) in [5.41, 5.74) is 2.23. The fourth-order valence-electron chi connectivity index (χ4n) is 3.04. The summed E-state index contributed by atoms with van der Waals surface area (Å²) in [5, 5.41) is 4.87. The number of nitrogens with zero attached hydrogens (tertiary/aromatic N) is 4. The Morgan fingerprint density at radius 3 is 2.83 bits per heavy atom. The highest BCUT2D eigenvalue weighted by Crippen LogP contribution is 2.24. The van der Waals surface area contributed by atoms with E-state index in [0.29, 0.717) is 34.7 Å². The third kappa shape index (κ3) is 4.07. The van der Waals surface area contributed by atoms with E-state index in [1.807, 2.05) is 38.1 Å². The zero-order chi connectivity index (χ0) is 20.4. The summed E-state index contributed by atoms with van der Waals surface area (Å²) >= 11 is 1.35. The molecule has 0 fully saturated rings. The second-order valence-corrected chi connectivity index (χ2v) is 7.63. The Morgan fingerprint density at radius 1 is 1.17 bits per heavy atom. The van der Waals surface area contributed by atoms with Crippen molar-refractivity contribution in [3.8, 4) is 11.4 Å². The van der Waals surface area contributed by atoms with E-state index in [4.69, 9.17) is 4.52 Å². The molecule has 6 nitrogen and oxygen atoms in total. The van der Waals surface area contributed by atoms with Crippen molar-refractivity contribution in [1.29, 1.82) is 0 Å². The first-order valence-electron chi connectivity index (χ1n) is 9.27. The number of aryl methyl sites for hydroxylation is 1. The van der Waals surface area contributed by atoms with Crippen LogP contribution in [-0.2, 0) is 12.3 Å². The van der Waals surface area contributed by atoms with Gasteiger partial charge in [0.2, 0.25) is 11.7 Å². The van der Waals surface area contributed by atoms with Gasteiger partial charge in [-0.05, 0) is 37.6 Å². The number of rotatable bonds is 6. The van der Waals surface area contributed by atoms with E-state index in [1.54, 1.807) is 4.57 Å². The number of halogens is 1. The lowest BCUT2D eigenvalue weighted by atomic mass is 10.1. The van der Waals surface area contributed by atoms with Crippen LogP contribution in [0.15, 0.2) is 56.9 Å². The Morgan fingerprint density at radius 2 is 2.03 bits per heavy atom. The molecule has 29 heavy (non-hydrogen) atoms. The lowest BCUT2D eigenvalue weighted by Gasteiger charge is -2.11. The number of thioether (sulfide) groups is 1. The van der Waals surface area contributed by atoms with Crippen LogP contribution in [0.1, 0.15) is 24.8 Å². The maximum absolute atomic E-state index is 13.6. The topological polar surface area (TPSA) is 73.8 Å². The summed E-state index contributed by atoms with van der Waals surface area (Å²) in [5.74, 6) is 0.899. The lowest BCUT2D eigenvalue weighted by Crippen LogP contribution is -2.23. The zero-order valence-electron chi connectivity index (χ0n) is 16.1. The molecule has 2 aromatic carbocycles. The highest BCUT2D eigenvalue weighted by molar-refractivity contribution is 7.98. The third-order valence-corrected chi connectivity index (χ3v) is 5.36. The van der Waals surface area contributed by atoms with Gasteiger partial charge < -0.3 is 4.52 Å². The predicted octanol–water partition coefficient (Wildman–Crippen LogP) is 4.60. The normalized spacial score (nSPS) is 11.3. The molecular formula is C21H19FN4O2S. The van der Waals surface area contributed by atoms with Crippen LogP contribution in [0, 0.1) is 12.7 Å². The van der Waals surface area contributed by atoms with Crippen molar-refractivity contribution >= 4 is 22.7 Å². The molecule has 0 unspecified atom stereocenters. The molecule has 0 aliphatic heterocycles. The van der Waals surface area contributed by atoms with Gasteiger partial charge in [-0.1, -0.05) is 47.6 Å². The van der Waals surface area contributed by atoms with Crippen molar-refractivity contribution in [1.82, 2.24) is 19.7 Å². The SMILES string of the molecule is CCCn1c(SCc2nc(-c3cccc(C)c3)no2)nc2ccc(F)cc2c1=O. The van der Waals surface area contributed by atoms with Gasteiger partial charge in [-0.2, -0.15) is 4.98 Å². The summed E-state index contributed by atoms with van der Waals surface area (Å²) in [6.07, 6.45) is 0.758. The minimum Gasteiger partial charge on any atom is -0.338 e. The van der Waals surface area contributed by atoms with Crippen LogP contribution in [0.4, 0.5) is 4.39 Å². The molecule has 0 amide bonds. The van der Waals surface area contributed by atoms with Crippen LogP contribution in [-0.4, -0.2) is 19.7 Å². The van der Waals surface area contributed by atoms with Crippen molar-refractivity contribution < 1.29 is 8.91 Å². The lowest BCUT2D eigenvalue weighted by molar-refractivity contribution is 0.391. The van der Waals surface area contributed by atoms with Gasteiger partial charge in [-0.3, -0.25) is 9.36 Å². The fraction of sp³-hybridized carbons (Fsp3) is 0.238. The molecule has 8 heteroatoms. The van der Waals surface area contributed by atoms with E-state index in [1.165, 1.54) is 30.0 Å². The molecule has 0 N–H and O–H groups in total. The molecule has 0 spiro atoms. The highest BCUT2D eigenvalue weighted by Gasteiger charge is 2.15. The number of aromatic nitrogens is 4. The molecule has 0 aliphatic carbocycles. The van der Waals surface area contributed by atoms with Gasteiger partial charge in [0.25, 0.3) is 5.56 Å². The predicted molar refractivity (Wildman–Crippen MR) is 110 cm³/mol. The van der Waals surface area contributed by atoms with Crippen LogP contribution in [0.25, 0.3) is 22.3 Å². The van der Waals surface area contributed by atoms with Gasteiger partial charge in [0.1, 0.15) is 5.82 Å². The number of fused-ring (bicyclic) bond motifs is 1. The standard InChI is InChI=1S/C21H19FN4O2S/c1-3-9-26-20(27)16-11-15(22)7-8-17(16)23-21(26)29-12-18-24-19(25-28-18)14-6-4-5-13(2)10-14/h4-8,10-11H,3,9,12H2,1-2H3. The van der Waals surface area contributed by atoms with Gasteiger partial charge in [-0.25, -0.2) is 9.37 Å². The molecule has 0 aliphatic rings. The van der Waals surface area contributed by atoms with Gasteiger partial charge in [-0.15, -0.1) is 0 Å². The van der Waals surface area contributed by atoms with Gasteiger partial charge >= 0.3 is 0 Å². The molecule has 4 aromatic rings. The van der Waals surface area contributed by atoms with Gasteiger partial charge in [0.05, 0.1) is 16.7 Å². The summed E-state index contributed by atoms with van der Waals surface area (Å²) in [6.45, 7) is 4.48. The first-order valence-corrected chi connectivity index (χ1v) is 10.3. The maximum atomic E-state index is 13.6. The van der Waals surface area contributed by atoms with Crippen LogP contribution in [0.2, 0.25) is 0 Å². The Kier molecular flexibility index (Phi) is 5.44. The maximum Gasteiger partial charge on any atom is 0.262 e. The van der Waals surface area contributed by atoms with E-state index < -0.39 is 5.82 Å². The Balaban J connectivity index is 1.62. The van der Waals surface area contributed by atoms with E-state index >= 15 is 0 Å². The average molecular weight is 410 g/mol. The molecule has 2 aromatic heterocycles. The van der Waals surface area contributed by atoms with Crippen LogP contribution in [0.5, 0.6) is 0 Å². The zero-order valence-corrected chi connectivity index (χ0v) is 16.9. The van der Waals surface area contributed by atoms with Crippen LogP contribution < -0.4 is 5.56 Å². The quantitative estimate of drug-likeness (QED) is 0.342. The first kappa shape index (κ1) is 19.3. The van der Waals surface area contributed by atoms with Crippen molar-refractivity contribution in [2.45, 2.75) is 37.7 Å². The molecule has 0 atom stereocenters. The van der Waals surface area contributed by atoms with Crippen molar-refractivity contribution in [2.24, 2.45) is 0 Å².